The fourth-order valence-corrected chi connectivity index (χ4v) is 1.57. The molecule has 0 spiro atoms. The number of nitrogens with zero attached hydrogens (tertiary/aromatic N) is 1. The molecule has 1 aromatic rings. The average molecular weight is 252 g/mol. The summed E-state index contributed by atoms with van der Waals surface area (Å²) in [6, 6.07) is 6.03. The predicted molar refractivity (Wildman–Crippen MR) is 70.5 cm³/mol. The molecule has 0 aliphatic heterocycles. The van der Waals surface area contributed by atoms with E-state index >= 15 is 0 Å². The molecule has 0 unspecified atom stereocenters. The van der Waals surface area contributed by atoms with Crippen LogP contribution >= 0.6 is 0 Å². The van der Waals surface area contributed by atoms with Crippen LogP contribution in [0, 0.1) is 10.1 Å². The van der Waals surface area contributed by atoms with Crippen molar-refractivity contribution in [3.8, 4) is 5.75 Å². The monoisotopic (exact) mass is 252 g/mol. The van der Waals surface area contributed by atoms with Crippen molar-refractivity contribution in [1.29, 1.82) is 0 Å². The van der Waals surface area contributed by atoms with E-state index < -0.39 is 4.92 Å². The van der Waals surface area contributed by atoms with Gasteiger partial charge in [-0.2, -0.15) is 5.48 Å². The summed E-state index contributed by atoms with van der Waals surface area (Å²) in [7, 11) is 0. The van der Waals surface area contributed by atoms with Crippen LogP contribution < -0.4 is 10.3 Å². The molecule has 18 heavy (non-hydrogen) atoms. The van der Waals surface area contributed by atoms with Gasteiger partial charge in [-0.15, -0.1) is 0 Å². The van der Waals surface area contributed by atoms with Gasteiger partial charge in [0.25, 0.3) is 5.69 Å². The first-order valence-electron chi connectivity index (χ1n) is 6.38. The number of nitro benzene ring substituents is 1. The Balaban J connectivity index is 2.14. The third-order valence-electron chi connectivity index (χ3n) is 2.62. The fraction of sp³-hybridized carbons (Fsp3) is 0.538. The lowest BCUT2D eigenvalue weighted by atomic mass is 10.2. The predicted octanol–water partition coefficient (Wildman–Crippen LogP) is 3.45. The molecular weight excluding hydrogens is 232 g/mol. The molecule has 0 heterocycles. The van der Waals surface area contributed by atoms with Crippen molar-refractivity contribution in [3.05, 3.63) is 34.4 Å². The molecule has 0 amide bonds. The van der Waals surface area contributed by atoms with Crippen LogP contribution in [0.4, 0.5) is 5.69 Å². The first kappa shape index (κ1) is 14.4. The van der Waals surface area contributed by atoms with E-state index in [4.69, 9.17) is 4.84 Å². The molecule has 1 rings (SSSR count). The van der Waals surface area contributed by atoms with Gasteiger partial charge in [0.05, 0.1) is 4.92 Å². The Labute approximate surface area is 107 Å². The van der Waals surface area contributed by atoms with E-state index in [1.807, 2.05) is 0 Å². The lowest BCUT2D eigenvalue weighted by Crippen LogP contribution is -2.19. The molecule has 0 bridgehead atoms. The molecule has 5 heteroatoms. The maximum Gasteiger partial charge on any atom is 0.269 e. The molecule has 0 aliphatic rings. The van der Waals surface area contributed by atoms with Crippen LogP contribution in [0.3, 0.4) is 0 Å². The number of rotatable bonds is 9. The standard InChI is InChI=1S/C13H20N2O3/c1-2-3-4-5-6-11-14-18-13-9-7-12(8-10-13)15(16)17/h7-10,14H,2-6,11H2,1H3. The lowest BCUT2D eigenvalue weighted by Gasteiger charge is -2.06. The van der Waals surface area contributed by atoms with Crippen molar-refractivity contribution in [2.75, 3.05) is 6.54 Å². The summed E-state index contributed by atoms with van der Waals surface area (Å²) >= 11 is 0. The number of benzene rings is 1. The van der Waals surface area contributed by atoms with E-state index in [-0.39, 0.29) is 5.69 Å². The summed E-state index contributed by atoms with van der Waals surface area (Å²) in [5.41, 5.74) is 2.93. The molecule has 5 nitrogen and oxygen atoms in total. The second kappa shape index (κ2) is 8.47. The highest BCUT2D eigenvalue weighted by atomic mass is 16.6. The van der Waals surface area contributed by atoms with Gasteiger partial charge in [-0.3, -0.25) is 10.1 Å². The van der Waals surface area contributed by atoms with E-state index in [1.54, 1.807) is 12.1 Å². The minimum Gasteiger partial charge on any atom is -0.409 e. The van der Waals surface area contributed by atoms with Crippen LogP contribution in [0.5, 0.6) is 5.75 Å². The molecule has 0 aromatic heterocycles. The van der Waals surface area contributed by atoms with Crippen LogP contribution in [0.15, 0.2) is 24.3 Å². The van der Waals surface area contributed by atoms with Crippen LogP contribution in [-0.2, 0) is 0 Å². The second-order valence-corrected chi connectivity index (χ2v) is 4.16. The second-order valence-electron chi connectivity index (χ2n) is 4.16. The van der Waals surface area contributed by atoms with E-state index in [9.17, 15) is 10.1 Å². The quantitative estimate of drug-likeness (QED) is 0.415. The highest BCUT2D eigenvalue weighted by molar-refractivity contribution is 5.35. The minimum atomic E-state index is -0.426. The molecule has 0 radical (unpaired) electrons. The number of unbranched alkanes of at least 4 members (excludes halogenated alkanes) is 4. The summed E-state index contributed by atoms with van der Waals surface area (Å²) in [6.45, 7) is 2.98. The number of hydrogen-bond donors (Lipinski definition) is 1. The first-order chi connectivity index (χ1) is 8.74. The van der Waals surface area contributed by atoms with Crippen LogP contribution in [-0.4, -0.2) is 11.5 Å². The third kappa shape index (κ3) is 5.63. The molecule has 0 atom stereocenters. The number of non-ortho nitro benzene ring substituents is 1. The highest BCUT2D eigenvalue weighted by Gasteiger charge is 2.03. The van der Waals surface area contributed by atoms with Gasteiger partial charge < -0.3 is 4.84 Å². The zero-order chi connectivity index (χ0) is 13.2. The first-order valence-corrected chi connectivity index (χ1v) is 6.38. The van der Waals surface area contributed by atoms with Gasteiger partial charge in [0.2, 0.25) is 0 Å². The fourth-order valence-electron chi connectivity index (χ4n) is 1.57. The summed E-state index contributed by atoms with van der Waals surface area (Å²) in [4.78, 5) is 15.3. The van der Waals surface area contributed by atoms with E-state index in [0.717, 1.165) is 13.0 Å². The zero-order valence-electron chi connectivity index (χ0n) is 10.7. The number of nitrogens with one attached hydrogen (secondary N) is 1. The van der Waals surface area contributed by atoms with E-state index in [2.05, 4.69) is 12.4 Å². The average Bonchev–Trinajstić information content (AvgIpc) is 2.38. The number of hydroxylamine groups is 1. The molecule has 0 aliphatic carbocycles. The van der Waals surface area contributed by atoms with Gasteiger partial charge in [-0.1, -0.05) is 32.6 Å². The topological polar surface area (TPSA) is 64.4 Å². The summed E-state index contributed by atoms with van der Waals surface area (Å²) in [5, 5.41) is 10.4. The molecule has 0 saturated heterocycles. The van der Waals surface area contributed by atoms with Crippen molar-refractivity contribution in [3.63, 3.8) is 0 Å². The number of nitro groups is 1. The molecule has 0 fully saturated rings. The van der Waals surface area contributed by atoms with Crippen LogP contribution in [0.25, 0.3) is 0 Å². The zero-order valence-corrected chi connectivity index (χ0v) is 10.7. The summed E-state index contributed by atoms with van der Waals surface area (Å²) in [6.07, 6.45) is 6.06. The Hall–Kier alpha value is -1.62. The molecule has 100 valence electrons. The summed E-state index contributed by atoms with van der Waals surface area (Å²) in [5.74, 6) is 0.592. The highest BCUT2D eigenvalue weighted by Crippen LogP contribution is 2.16. The van der Waals surface area contributed by atoms with Crippen LogP contribution in [0.1, 0.15) is 39.0 Å². The van der Waals surface area contributed by atoms with Gasteiger partial charge in [0, 0.05) is 18.7 Å². The van der Waals surface area contributed by atoms with Crippen molar-refractivity contribution in [1.82, 2.24) is 5.48 Å². The van der Waals surface area contributed by atoms with E-state index in [1.165, 1.54) is 37.8 Å². The molecule has 1 N–H and O–H groups in total. The van der Waals surface area contributed by atoms with Crippen molar-refractivity contribution < 1.29 is 9.76 Å². The maximum absolute atomic E-state index is 10.4. The third-order valence-corrected chi connectivity index (χ3v) is 2.62. The Morgan fingerprint density at radius 3 is 2.44 bits per heavy atom. The lowest BCUT2D eigenvalue weighted by molar-refractivity contribution is -0.384. The van der Waals surface area contributed by atoms with Gasteiger partial charge in [0.15, 0.2) is 0 Å². The van der Waals surface area contributed by atoms with E-state index in [0.29, 0.717) is 5.75 Å². The Morgan fingerprint density at radius 1 is 1.17 bits per heavy atom. The Bertz CT molecular complexity index is 352. The normalized spacial score (nSPS) is 10.3. The van der Waals surface area contributed by atoms with Crippen molar-refractivity contribution >= 4 is 5.69 Å². The molecule has 1 aromatic carbocycles. The Morgan fingerprint density at radius 2 is 1.83 bits per heavy atom. The number of hydrogen-bond acceptors (Lipinski definition) is 4. The van der Waals surface area contributed by atoms with Gasteiger partial charge >= 0.3 is 0 Å². The van der Waals surface area contributed by atoms with Gasteiger partial charge in [-0.25, -0.2) is 0 Å². The van der Waals surface area contributed by atoms with Crippen LogP contribution in [0.2, 0.25) is 0 Å². The molecule has 0 saturated carbocycles. The van der Waals surface area contributed by atoms with Gasteiger partial charge in [-0.05, 0) is 18.6 Å². The van der Waals surface area contributed by atoms with Gasteiger partial charge in [0.1, 0.15) is 5.75 Å². The largest absolute Gasteiger partial charge is 0.409 e. The maximum atomic E-state index is 10.4. The molecular formula is C13H20N2O3. The summed E-state index contributed by atoms with van der Waals surface area (Å²) < 4.78 is 0. The smallest absolute Gasteiger partial charge is 0.269 e. The SMILES string of the molecule is CCCCCCCNOc1ccc([N+](=O)[O-])cc1. The van der Waals surface area contributed by atoms with Crippen molar-refractivity contribution in [2.45, 2.75) is 39.0 Å². The minimum absolute atomic E-state index is 0.0712. The van der Waals surface area contributed by atoms with Crippen molar-refractivity contribution in [2.24, 2.45) is 0 Å². The Kier molecular flexibility index (Phi) is 6.79.